The summed E-state index contributed by atoms with van der Waals surface area (Å²) in [6, 6.07) is 12.5. The van der Waals surface area contributed by atoms with Crippen molar-refractivity contribution in [2.75, 3.05) is 12.0 Å². The van der Waals surface area contributed by atoms with Gasteiger partial charge in [-0.05, 0) is 35.9 Å². The summed E-state index contributed by atoms with van der Waals surface area (Å²) >= 11 is 0. The molecule has 0 bridgehead atoms. The summed E-state index contributed by atoms with van der Waals surface area (Å²) in [5.41, 5.74) is 0.928. The zero-order chi connectivity index (χ0) is 19.7. The molecular weight excluding hydrogens is 360 g/mol. The van der Waals surface area contributed by atoms with Gasteiger partial charge in [-0.25, -0.2) is 0 Å². The average molecular weight is 376 g/mol. The minimum atomic E-state index is -0.880. The van der Waals surface area contributed by atoms with Gasteiger partial charge in [0.15, 0.2) is 11.5 Å². The third kappa shape index (κ3) is 2.73. The summed E-state index contributed by atoms with van der Waals surface area (Å²) < 4.78 is 10.6. The minimum Gasteiger partial charge on any atom is -0.503 e. The maximum absolute atomic E-state index is 13.0. The highest BCUT2D eigenvalue weighted by molar-refractivity contribution is 6.20. The Morgan fingerprint density at radius 1 is 1.18 bits per heavy atom. The van der Waals surface area contributed by atoms with Crippen LogP contribution in [0.1, 0.15) is 22.2 Å². The van der Waals surface area contributed by atoms with Crippen LogP contribution in [0.4, 0.5) is 5.69 Å². The molecule has 0 saturated carbocycles. The number of aliphatic hydroxyl groups excluding tert-OH is 1. The van der Waals surface area contributed by atoms with Crippen molar-refractivity contribution < 1.29 is 23.8 Å². The Hall–Kier alpha value is -3.87. The molecule has 0 spiro atoms. The molecular formula is C21H16N2O5. The number of aromatic nitrogens is 1. The van der Waals surface area contributed by atoms with E-state index in [-0.39, 0.29) is 11.3 Å². The molecule has 3 aromatic rings. The van der Waals surface area contributed by atoms with Crippen LogP contribution in [0.15, 0.2) is 82.9 Å². The number of ketones is 1. The van der Waals surface area contributed by atoms with Crippen molar-refractivity contribution in [3.05, 3.63) is 89.8 Å². The van der Waals surface area contributed by atoms with Gasteiger partial charge in [-0.3, -0.25) is 19.5 Å². The quantitative estimate of drug-likeness (QED) is 0.686. The fourth-order valence-electron chi connectivity index (χ4n) is 3.31. The van der Waals surface area contributed by atoms with Crippen molar-refractivity contribution in [2.24, 2.45) is 0 Å². The Balaban J connectivity index is 1.91. The van der Waals surface area contributed by atoms with Gasteiger partial charge in [0.2, 0.25) is 5.78 Å². The molecule has 0 saturated heterocycles. The number of aliphatic hydroxyl groups is 1. The van der Waals surface area contributed by atoms with E-state index in [4.69, 9.17) is 9.15 Å². The molecule has 140 valence electrons. The van der Waals surface area contributed by atoms with E-state index in [9.17, 15) is 14.7 Å². The Kier molecular flexibility index (Phi) is 4.41. The van der Waals surface area contributed by atoms with Crippen LogP contribution in [0, 0.1) is 0 Å². The van der Waals surface area contributed by atoms with Crippen LogP contribution in [0.25, 0.3) is 0 Å². The number of benzene rings is 1. The number of anilines is 1. The number of furan rings is 1. The second-order valence-corrected chi connectivity index (χ2v) is 6.10. The smallest absolute Gasteiger partial charge is 0.294 e. The molecule has 3 heterocycles. The highest BCUT2D eigenvalue weighted by Crippen LogP contribution is 2.44. The summed E-state index contributed by atoms with van der Waals surface area (Å²) in [6.07, 6.45) is 4.50. The zero-order valence-corrected chi connectivity index (χ0v) is 14.9. The molecule has 1 N–H and O–H groups in total. The first kappa shape index (κ1) is 17.5. The van der Waals surface area contributed by atoms with E-state index >= 15 is 0 Å². The second kappa shape index (κ2) is 7.03. The first-order valence-electron chi connectivity index (χ1n) is 8.51. The monoisotopic (exact) mass is 376 g/mol. The molecule has 1 aromatic carbocycles. The van der Waals surface area contributed by atoms with Crippen molar-refractivity contribution in [1.29, 1.82) is 0 Å². The van der Waals surface area contributed by atoms with Gasteiger partial charge >= 0.3 is 0 Å². The number of hydrogen-bond donors (Lipinski definition) is 1. The number of nitrogens with zero attached hydrogens (tertiary/aromatic N) is 2. The Morgan fingerprint density at radius 2 is 2.00 bits per heavy atom. The SMILES string of the molecule is COc1ccccc1N1C(=O)C(O)=C(C(=O)c2ccco2)C1c1cccnc1. The second-order valence-electron chi connectivity index (χ2n) is 6.10. The van der Waals surface area contributed by atoms with E-state index in [1.807, 2.05) is 0 Å². The van der Waals surface area contributed by atoms with Crippen LogP contribution < -0.4 is 9.64 Å². The predicted octanol–water partition coefficient (Wildman–Crippen LogP) is 3.47. The molecule has 1 aliphatic rings. The normalized spacial score (nSPS) is 16.5. The van der Waals surface area contributed by atoms with Gasteiger partial charge in [0.25, 0.3) is 5.91 Å². The van der Waals surface area contributed by atoms with E-state index in [2.05, 4.69) is 4.98 Å². The topological polar surface area (TPSA) is 92.9 Å². The number of rotatable bonds is 5. The van der Waals surface area contributed by atoms with Crippen molar-refractivity contribution in [3.8, 4) is 5.75 Å². The predicted molar refractivity (Wildman–Crippen MR) is 100 cm³/mol. The number of methoxy groups -OCH3 is 1. The molecule has 28 heavy (non-hydrogen) atoms. The number of carbonyl (C=O) groups is 2. The van der Waals surface area contributed by atoms with Gasteiger partial charge in [-0.2, -0.15) is 0 Å². The van der Waals surface area contributed by atoms with Crippen LogP contribution in [0.2, 0.25) is 0 Å². The number of carbonyl (C=O) groups excluding carboxylic acids is 2. The highest BCUT2D eigenvalue weighted by atomic mass is 16.5. The van der Waals surface area contributed by atoms with Gasteiger partial charge < -0.3 is 14.3 Å². The average Bonchev–Trinajstić information content (AvgIpc) is 3.36. The largest absolute Gasteiger partial charge is 0.503 e. The minimum absolute atomic E-state index is 0.0325. The van der Waals surface area contributed by atoms with Crippen LogP contribution in [-0.2, 0) is 4.79 Å². The lowest BCUT2D eigenvalue weighted by atomic mass is 9.96. The number of hydrogen-bond acceptors (Lipinski definition) is 6. The van der Waals surface area contributed by atoms with E-state index < -0.39 is 23.5 Å². The van der Waals surface area contributed by atoms with Crippen LogP contribution in [0.3, 0.4) is 0 Å². The first-order chi connectivity index (χ1) is 13.6. The molecule has 0 radical (unpaired) electrons. The van der Waals surface area contributed by atoms with Gasteiger partial charge in [-0.1, -0.05) is 18.2 Å². The number of ether oxygens (including phenoxy) is 1. The van der Waals surface area contributed by atoms with Crippen LogP contribution in [-0.4, -0.2) is 28.9 Å². The lowest BCUT2D eigenvalue weighted by molar-refractivity contribution is -0.117. The van der Waals surface area contributed by atoms with Crippen LogP contribution >= 0.6 is 0 Å². The van der Waals surface area contributed by atoms with Gasteiger partial charge in [0, 0.05) is 12.4 Å². The molecule has 4 rings (SSSR count). The van der Waals surface area contributed by atoms with E-state index in [0.717, 1.165) is 0 Å². The molecule has 0 aliphatic carbocycles. The highest BCUT2D eigenvalue weighted by Gasteiger charge is 2.46. The summed E-state index contributed by atoms with van der Waals surface area (Å²) in [5.74, 6) is -1.43. The van der Waals surface area contributed by atoms with Crippen LogP contribution in [0.5, 0.6) is 5.75 Å². The molecule has 1 aliphatic heterocycles. The summed E-state index contributed by atoms with van der Waals surface area (Å²) in [4.78, 5) is 31.5. The summed E-state index contributed by atoms with van der Waals surface area (Å²) in [5, 5.41) is 10.6. The standard InChI is InChI=1S/C21H16N2O5/c1-27-15-8-3-2-7-14(15)23-18(13-6-4-10-22-12-13)17(20(25)21(23)26)19(24)16-9-5-11-28-16/h2-12,18,25H,1H3. The zero-order valence-electron chi connectivity index (χ0n) is 14.9. The number of amides is 1. The molecule has 1 unspecified atom stereocenters. The number of Topliss-reactive ketones (excluding diaryl/α,β-unsaturated/α-hetero) is 1. The Morgan fingerprint density at radius 3 is 2.68 bits per heavy atom. The Labute approximate surface area is 160 Å². The van der Waals surface area contributed by atoms with Crippen molar-refractivity contribution >= 4 is 17.4 Å². The van der Waals surface area contributed by atoms with E-state index in [1.54, 1.807) is 54.9 Å². The third-order valence-corrected chi connectivity index (χ3v) is 4.54. The fraction of sp³-hybridized carbons (Fsp3) is 0.0952. The number of para-hydroxylation sites is 2. The number of pyridine rings is 1. The Bertz CT molecular complexity index is 1060. The first-order valence-corrected chi connectivity index (χ1v) is 8.51. The maximum Gasteiger partial charge on any atom is 0.294 e. The van der Waals surface area contributed by atoms with Crippen molar-refractivity contribution in [1.82, 2.24) is 4.98 Å². The molecule has 1 atom stereocenters. The molecule has 2 aromatic heterocycles. The molecule has 1 amide bonds. The van der Waals surface area contributed by atoms with Gasteiger partial charge in [0.05, 0.1) is 30.7 Å². The van der Waals surface area contributed by atoms with E-state index in [1.165, 1.54) is 24.3 Å². The van der Waals surface area contributed by atoms with Crippen molar-refractivity contribution in [3.63, 3.8) is 0 Å². The summed E-state index contributed by atoms with van der Waals surface area (Å²) in [6.45, 7) is 0. The lowest BCUT2D eigenvalue weighted by Crippen LogP contribution is -2.31. The molecule has 7 nitrogen and oxygen atoms in total. The summed E-state index contributed by atoms with van der Waals surface area (Å²) in [7, 11) is 1.49. The lowest BCUT2D eigenvalue weighted by Gasteiger charge is -2.27. The fourth-order valence-corrected chi connectivity index (χ4v) is 3.31. The van der Waals surface area contributed by atoms with Gasteiger partial charge in [-0.15, -0.1) is 0 Å². The molecule has 0 fully saturated rings. The maximum atomic E-state index is 13.0. The van der Waals surface area contributed by atoms with E-state index in [0.29, 0.717) is 17.0 Å². The third-order valence-electron chi connectivity index (χ3n) is 4.54. The molecule has 7 heteroatoms. The van der Waals surface area contributed by atoms with Crippen molar-refractivity contribution in [2.45, 2.75) is 6.04 Å². The van der Waals surface area contributed by atoms with Gasteiger partial charge in [0.1, 0.15) is 5.75 Å².